The number of fused-ring (bicyclic) bond motifs is 1. The van der Waals surface area contributed by atoms with Gasteiger partial charge in [0.25, 0.3) is 5.91 Å². The van der Waals surface area contributed by atoms with Crippen LogP contribution >= 0.6 is 0 Å². The van der Waals surface area contributed by atoms with Crippen molar-refractivity contribution in [3.63, 3.8) is 0 Å². The number of hydrogen-bond donors (Lipinski definition) is 2. The molecule has 0 atom stereocenters. The topological polar surface area (TPSA) is 71.8 Å². The highest BCUT2D eigenvalue weighted by Crippen LogP contribution is 2.19. The highest BCUT2D eigenvalue weighted by Gasteiger charge is 2.18. The Balaban J connectivity index is 1.90. The highest BCUT2D eigenvalue weighted by molar-refractivity contribution is 5.97. The van der Waals surface area contributed by atoms with Gasteiger partial charge in [0.05, 0.1) is 35.0 Å². The summed E-state index contributed by atoms with van der Waals surface area (Å²) in [5.74, 6) is -0.0569. The molecule has 1 amide bonds. The van der Waals surface area contributed by atoms with E-state index in [0.717, 1.165) is 23.5 Å². The third-order valence-electron chi connectivity index (χ3n) is 2.86. The van der Waals surface area contributed by atoms with Crippen LogP contribution in [-0.4, -0.2) is 27.2 Å². The molecule has 0 unspecified atom stereocenters. The van der Waals surface area contributed by atoms with Crippen molar-refractivity contribution in [1.82, 2.24) is 20.1 Å². The lowest BCUT2D eigenvalue weighted by atomic mass is 10.1. The number of anilines is 2. The lowest BCUT2D eigenvalue weighted by molar-refractivity contribution is 0.0945. The molecule has 18 heavy (non-hydrogen) atoms. The average molecular weight is 243 g/mol. The number of hydrogen-bond acceptors (Lipinski definition) is 4. The standard InChI is InChI=1S/C12H13N5O/c1-17-7-9(6-15-17)16-8-4-10-11(14-5-8)2-3-13-12(10)18/h4-7,16H,2-3H2,1H3,(H,13,18). The van der Waals surface area contributed by atoms with Crippen LogP contribution in [0, 0.1) is 0 Å². The van der Waals surface area contributed by atoms with Crippen molar-refractivity contribution in [2.24, 2.45) is 7.05 Å². The zero-order valence-electron chi connectivity index (χ0n) is 9.97. The predicted molar refractivity (Wildman–Crippen MR) is 66.8 cm³/mol. The summed E-state index contributed by atoms with van der Waals surface area (Å²) in [6.45, 7) is 0.661. The molecule has 0 fully saturated rings. The van der Waals surface area contributed by atoms with E-state index in [1.807, 2.05) is 19.3 Å². The van der Waals surface area contributed by atoms with Crippen molar-refractivity contribution < 1.29 is 4.79 Å². The number of amides is 1. The molecule has 3 heterocycles. The van der Waals surface area contributed by atoms with Gasteiger partial charge in [-0.15, -0.1) is 0 Å². The fourth-order valence-corrected chi connectivity index (χ4v) is 2.00. The zero-order valence-corrected chi connectivity index (χ0v) is 9.97. The van der Waals surface area contributed by atoms with Crippen molar-refractivity contribution in [3.05, 3.63) is 35.9 Å². The molecule has 1 aliphatic heterocycles. The third kappa shape index (κ3) is 1.92. The van der Waals surface area contributed by atoms with Gasteiger partial charge in [0.1, 0.15) is 0 Å². The van der Waals surface area contributed by atoms with Crippen LogP contribution in [0.1, 0.15) is 16.1 Å². The number of pyridine rings is 1. The van der Waals surface area contributed by atoms with E-state index in [2.05, 4.69) is 20.7 Å². The summed E-state index contributed by atoms with van der Waals surface area (Å²) in [5, 5.41) is 10.0. The normalized spacial score (nSPS) is 13.9. The number of rotatable bonds is 2. The third-order valence-corrected chi connectivity index (χ3v) is 2.86. The Kier molecular flexibility index (Phi) is 2.47. The van der Waals surface area contributed by atoms with Crippen molar-refractivity contribution in [3.8, 4) is 0 Å². The molecular formula is C12H13N5O. The molecular weight excluding hydrogens is 230 g/mol. The molecule has 0 radical (unpaired) electrons. The van der Waals surface area contributed by atoms with Gasteiger partial charge in [0, 0.05) is 26.2 Å². The Hall–Kier alpha value is -2.37. The van der Waals surface area contributed by atoms with Crippen LogP contribution in [0.4, 0.5) is 11.4 Å². The molecule has 2 N–H and O–H groups in total. The number of aryl methyl sites for hydroxylation is 1. The number of nitrogens with zero attached hydrogens (tertiary/aromatic N) is 3. The maximum atomic E-state index is 11.7. The summed E-state index contributed by atoms with van der Waals surface area (Å²) in [5.41, 5.74) is 3.17. The molecule has 0 spiro atoms. The molecule has 0 bridgehead atoms. The van der Waals surface area contributed by atoms with E-state index in [4.69, 9.17) is 0 Å². The molecule has 2 aromatic rings. The van der Waals surface area contributed by atoms with E-state index in [9.17, 15) is 4.79 Å². The van der Waals surface area contributed by atoms with Crippen LogP contribution in [0.3, 0.4) is 0 Å². The molecule has 0 aliphatic carbocycles. The smallest absolute Gasteiger partial charge is 0.253 e. The molecule has 3 rings (SSSR count). The van der Waals surface area contributed by atoms with Gasteiger partial charge >= 0.3 is 0 Å². The molecule has 2 aromatic heterocycles. The van der Waals surface area contributed by atoms with Gasteiger partial charge < -0.3 is 10.6 Å². The SMILES string of the molecule is Cn1cc(Nc2cnc3c(c2)C(=O)NCC3)cn1. The van der Waals surface area contributed by atoms with Crippen LogP contribution in [0.15, 0.2) is 24.7 Å². The predicted octanol–water partition coefficient (Wildman–Crippen LogP) is 0.845. The Morgan fingerprint density at radius 1 is 1.39 bits per heavy atom. The lowest BCUT2D eigenvalue weighted by Gasteiger charge is -2.16. The molecule has 6 nitrogen and oxygen atoms in total. The van der Waals surface area contributed by atoms with E-state index in [1.54, 1.807) is 17.1 Å². The average Bonchev–Trinajstić information content (AvgIpc) is 2.76. The van der Waals surface area contributed by atoms with Crippen molar-refractivity contribution in [2.45, 2.75) is 6.42 Å². The van der Waals surface area contributed by atoms with Crippen molar-refractivity contribution in [1.29, 1.82) is 0 Å². The van der Waals surface area contributed by atoms with E-state index < -0.39 is 0 Å². The number of carbonyl (C=O) groups is 1. The maximum absolute atomic E-state index is 11.7. The Bertz CT molecular complexity index is 604. The second-order valence-electron chi connectivity index (χ2n) is 4.25. The zero-order chi connectivity index (χ0) is 12.5. The van der Waals surface area contributed by atoms with Crippen LogP contribution in [0.2, 0.25) is 0 Å². The lowest BCUT2D eigenvalue weighted by Crippen LogP contribution is -2.32. The minimum atomic E-state index is -0.0569. The fourth-order valence-electron chi connectivity index (χ4n) is 2.00. The van der Waals surface area contributed by atoms with Gasteiger partial charge in [-0.05, 0) is 6.07 Å². The molecule has 0 saturated carbocycles. The summed E-state index contributed by atoms with van der Waals surface area (Å²) in [7, 11) is 1.85. The van der Waals surface area contributed by atoms with Gasteiger partial charge in [0.15, 0.2) is 0 Å². The number of nitrogens with one attached hydrogen (secondary N) is 2. The van der Waals surface area contributed by atoms with Crippen LogP contribution in [-0.2, 0) is 13.5 Å². The monoisotopic (exact) mass is 243 g/mol. The first-order valence-electron chi connectivity index (χ1n) is 5.75. The van der Waals surface area contributed by atoms with Crippen LogP contribution in [0.25, 0.3) is 0 Å². The Labute approximate surface area is 104 Å². The van der Waals surface area contributed by atoms with E-state index in [-0.39, 0.29) is 5.91 Å². The summed E-state index contributed by atoms with van der Waals surface area (Å²) in [6, 6.07) is 1.82. The first-order valence-corrected chi connectivity index (χ1v) is 5.75. The van der Waals surface area contributed by atoms with Crippen LogP contribution < -0.4 is 10.6 Å². The van der Waals surface area contributed by atoms with E-state index in [0.29, 0.717) is 12.1 Å². The van der Waals surface area contributed by atoms with Gasteiger partial charge in [-0.2, -0.15) is 5.10 Å². The van der Waals surface area contributed by atoms with Gasteiger partial charge in [-0.1, -0.05) is 0 Å². The summed E-state index contributed by atoms with van der Waals surface area (Å²) in [6.07, 6.45) is 6.11. The van der Waals surface area contributed by atoms with Crippen LogP contribution in [0.5, 0.6) is 0 Å². The molecule has 1 aliphatic rings. The summed E-state index contributed by atoms with van der Waals surface area (Å²) >= 11 is 0. The summed E-state index contributed by atoms with van der Waals surface area (Å²) < 4.78 is 1.71. The van der Waals surface area contributed by atoms with Gasteiger partial charge in [-0.25, -0.2) is 0 Å². The first kappa shape index (κ1) is 10.8. The quantitative estimate of drug-likeness (QED) is 0.820. The number of carbonyl (C=O) groups excluding carboxylic acids is 1. The van der Waals surface area contributed by atoms with Crippen molar-refractivity contribution >= 4 is 17.3 Å². The van der Waals surface area contributed by atoms with E-state index >= 15 is 0 Å². The summed E-state index contributed by atoms with van der Waals surface area (Å²) in [4.78, 5) is 16.0. The minimum Gasteiger partial charge on any atom is -0.352 e. The fraction of sp³-hybridized carbons (Fsp3) is 0.250. The minimum absolute atomic E-state index is 0.0569. The molecule has 6 heteroatoms. The maximum Gasteiger partial charge on any atom is 0.253 e. The van der Waals surface area contributed by atoms with Gasteiger partial charge in [-0.3, -0.25) is 14.5 Å². The Morgan fingerprint density at radius 3 is 3.06 bits per heavy atom. The Morgan fingerprint density at radius 2 is 2.28 bits per heavy atom. The van der Waals surface area contributed by atoms with Gasteiger partial charge in [0.2, 0.25) is 0 Å². The largest absolute Gasteiger partial charge is 0.352 e. The molecule has 0 saturated heterocycles. The molecule has 0 aromatic carbocycles. The van der Waals surface area contributed by atoms with E-state index in [1.165, 1.54) is 0 Å². The molecule has 92 valence electrons. The highest BCUT2D eigenvalue weighted by atomic mass is 16.1. The number of aromatic nitrogens is 3. The second-order valence-corrected chi connectivity index (χ2v) is 4.25. The second kappa shape index (κ2) is 4.14. The first-order chi connectivity index (χ1) is 8.72. The van der Waals surface area contributed by atoms with Crippen molar-refractivity contribution in [2.75, 3.05) is 11.9 Å².